The third-order valence-corrected chi connectivity index (χ3v) is 5.93. The van der Waals surface area contributed by atoms with Gasteiger partial charge in [0.05, 0.1) is 16.6 Å². The maximum Gasteiger partial charge on any atom is 0.259 e. The number of likely N-dealkylation sites (tertiary alicyclic amines) is 1. The van der Waals surface area contributed by atoms with Gasteiger partial charge in [-0.3, -0.25) is 9.59 Å². The Balaban J connectivity index is 1.54. The zero-order chi connectivity index (χ0) is 22.1. The first kappa shape index (κ1) is 21.0. The van der Waals surface area contributed by atoms with Crippen molar-refractivity contribution in [2.75, 3.05) is 32.1 Å². The van der Waals surface area contributed by atoms with E-state index < -0.39 is 0 Å². The molecule has 3 aromatic rings. The molecule has 0 atom stereocenters. The van der Waals surface area contributed by atoms with Gasteiger partial charge in [-0.25, -0.2) is 9.97 Å². The molecule has 4 rings (SSSR count). The fourth-order valence-corrected chi connectivity index (χ4v) is 4.13. The van der Waals surface area contributed by atoms with Crippen LogP contribution in [-0.2, 0) is 12.8 Å². The van der Waals surface area contributed by atoms with E-state index in [1.165, 1.54) is 0 Å². The van der Waals surface area contributed by atoms with Gasteiger partial charge in [0.25, 0.3) is 11.5 Å². The fraction of sp³-hybridized carbons (Fsp3) is 0.500. The molecule has 164 valence electrons. The number of carbonyl (C=O) groups is 1. The molecule has 0 radical (unpaired) electrons. The van der Waals surface area contributed by atoms with Gasteiger partial charge in [-0.1, -0.05) is 19.0 Å². The van der Waals surface area contributed by atoms with Gasteiger partial charge >= 0.3 is 0 Å². The Bertz CT molecular complexity index is 1140. The van der Waals surface area contributed by atoms with E-state index in [1.54, 1.807) is 6.20 Å². The number of carbonyl (C=O) groups excluding carboxylic acids is 1. The molecule has 9 heteroatoms. The molecule has 9 nitrogen and oxygen atoms in total. The van der Waals surface area contributed by atoms with Crippen LogP contribution < -0.4 is 10.5 Å². The lowest BCUT2D eigenvalue weighted by Crippen LogP contribution is -2.38. The standard InChI is InChI=1S/C22H28N6O3/c1-5-15-19(18(6-2)31-26-15)21(30)28-9-7-13(8-10-28)16-11-17-14(20(29)24-16)12-23-22(25-17)27(3)4/h11-13H,5-10H2,1-4H3,(H,24,29). The SMILES string of the molecule is CCc1noc(CC)c1C(=O)N1CCC(c2cc3nc(N(C)C)ncc3c(=O)[nH]2)CC1. The number of hydrogen-bond donors (Lipinski definition) is 1. The summed E-state index contributed by atoms with van der Waals surface area (Å²) in [5, 5.41) is 4.54. The van der Waals surface area contributed by atoms with E-state index >= 15 is 0 Å². The van der Waals surface area contributed by atoms with Crippen LogP contribution in [0.5, 0.6) is 0 Å². The number of aromatic amines is 1. The van der Waals surface area contributed by atoms with Crippen LogP contribution in [0.25, 0.3) is 10.9 Å². The first-order valence-electron chi connectivity index (χ1n) is 10.8. The summed E-state index contributed by atoms with van der Waals surface area (Å²) in [5.41, 5.74) is 2.66. The highest BCUT2D eigenvalue weighted by Crippen LogP contribution is 2.29. The molecule has 1 fully saturated rings. The average Bonchev–Trinajstić information content (AvgIpc) is 3.21. The first-order valence-corrected chi connectivity index (χ1v) is 10.8. The van der Waals surface area contributed by atoms with Crippen molar-refractivity contribution >= 4 is 22.8 Å². The zero-order valence-corrected chi connectivity index (χ0v) is 18.4. The van der Waals surface area contributed by atoms with Crippen molar-refractivity contribution in [2.45, 2.75) is 45.4 Å². The molecule has 1 saturated heterocycles. The molecule has 1 N–H and O–H groups in total. The van der Waals surface area contributed by atoms with Gasteiger partial charge in [-0.05, 0) is 25.3 Å². The Morgan fingerprint density at radius 1 is 1.26 bits per heavy atom. The summed E-state index contributed by atoms with van der Waals surface area (Å²) >= 11 is 0. The van der Waals surface area contributed by atoms with Crippen LogP contribution in [0.1, 0.15) is 60.1 Å². The first-order chi connectivity index (χ1) is 14.9. The number of aryl methyl sites for hydroxylation is 2. The molecule has 0 aromatic carbocycles. The van der Waals surface area contributed by atoms with E-state index in [2.05, 4.69) is 20.1 Å². The Kier molecular flexibility index (Phi) is 5.75. The number of piperidine rings is 1. The largest absolute Gasteiger partial charge is 0.360 e. The topological polar surface area (TPSA) is 108 Å². The summed E-state index contributed by atoms with van der Waals surface area (Å²) < 4.78 is 5.37. The van der Waals surface area contributed by atoms with E-state index in [4.69, 9.17) is 4.52 Å². The van der Waals surface area contributed by atoms with Crippen molar-refractivity contribution in [2.24, 2.45) is 0 Å². The zero-order valence-electron chi connectivity index (χ0n) is 18.4. The molecule has 1 aliphatic heterocycles. The fourth-order valence-electron chi connectivity index (χ4n) is 4.13. The molecule has 0 saturated carbocycles. The van der Waals surface area contributed by atoms with Crippen molar-refractivity contribution in [1.29, 1.82) is 0 Å². The molecule has 0 bridgehead atoms. The third-order valence-electron chi connectivity index (χ3n) is 5.93. The lowest BCUT2D eigenvalue weighted by Gasteiger charge is -2.32. The van der Waals surface area contributed by atoms with Crippen molar-refractivity contribution in [3.05, 3.63) is 45.3 Å². The van der Waals surface area contributed by atoms with Crippen molar-refractivity contribution in [1.82, 2.24) is 25.0 Å². The number of nitrogens with zero attached hydrogens (tertiary/aromatic N) is 5. The molecule has 0 spiro atoms. The van der Waals surface area contributed by atoms with Gasteiger partial charge in [-0.15, -0.1) is 0 Å². The van der Waals surface area contributed by atoms with Gasteiger partial charge in [0.15, 0.2) is 0 Å². The van der Waals surface area contributed by atoms with E-state index in [0.717, 1.165) is 24.2 Å². The second-order valence-electron chi connectivity index (χ2n) is 8.12. The predicted molar refractivity (Wildman–Crippen MR) is 118 cm³/mol. The van der Waals surface area contributed by atoms with Crippen LogP contribution in [0.15, 0.2) is 21.6 Å². The van der Waals surface area contributed by atoms with Gasteiger partial charge in [0.1, 0.15) is 11.3 Å². The number of pyridine rings is 1. The van der Waals surface area contributed by atoms with Gasteiger partial charge in [0, 0.05) is 51.4 Å². The minimum absolute atomic E-state index is 0.0104. The van der Waals surface area contributed by atoms with Crippen LogP contribution in [0.4, 0.5) is 5.95 Å². The highest BCUT2D eigenvalue weighted by Gasteiger charge is 2.30. The summed E-state index contributed by atoms with van der Waals surface area (Å²) in [7, 11) is 3.73. The minimum atomic E-state index is -0.180. The monoisotopic (exact) mass is 424 g/mol. The summed E-state index contributed by atoms with van der Waals surface area (Å²) in [6, 6.07) is 1.94. The van der Waals surface area contributed by atoms with Gasteiger partial charge < -0.3 is 19.3 Å². The van der Waals surface area contributed by atoms with Crippen LogP contribution in [-0.4, -0.2) is 58.1 Å². The molecule has 4 heterocycles. The molecule has 3 aromatic heterocycles. The Hall–Kier alpha value is -3.23. The lowest BCUT2D eigenvalue weighted by molar-refractivity contribution is 0.0709. The van der Waals surface area contributed by atoms with E-state index in [-0.39, 0.29) is 17.4 Å². The molecule has 0 unspecified atom stereocenters. The van der Waals surface area contributed by atoms with Crippen LogP contribution in [0.3, 0.4) is 0 Å². The lowest BCUT2D eigenvalue weighted by atomic mass is 9.92. The summed E-state index contributed by atoms with van der Waals surface area (Å²) in [6.45, 7) is 5.17. The predicted octanol–water partition coefficient (Wildman–Crippen LogP) is 2.52. The van der Waals surface area contributed by atoms with Crippen molar-refractivity contribution < 1.29 is 9.32 Å². The number of hydrogen-bond acceptors (Lipinski definition) is 7. The quantitative estimate of drug-likeness (QED) is 0.670. The normalized spacial score (nSPS) is 14.9. The highest BCUT2D eigenvalue weighted by molar-refractivity contribution is 5.96. The minimum Gasteiger partial charge on any atom is -0.360 e. The van der Waals surface area contributed by atoms with Crippen molar-refractivity contribution in [3.8, 4) is 0 Å². The van der Waals surface area contributed by atoms with Crippen molar-refractivity contribution in [3.63, 3.8) is 0 Å². The molecule has 1 aliphatic rings. The second kappa shape index (κ2) is 8.49. The van der Waals surface area contributed by atoms with E-state index in [9.17, 15) is 9.59 Å². The van der Waals surface area contributed by atoms with Gasteiger partial charge in [-0.2, -0.15) is 0 Å². The number of H-pyrrole nitrogens is 1. The number of nitrogens with one attached hydrogen (secondary N) is 1. The smallest absolute Gasteiger partial charge is 0.259 e. The highest BCUT2D eigenvalue weighted by atomic mass is 16.5. The number of aromatic nitrogens is 4. The Morgan fingerprint density at radius 2 is 2.00 bits per heavy atom. The number of anilines is 1. The summed E-state index contributed by atoms with van der Waals surface area (Å²) in [5.74, 6) is 1.37. The molecule has 1 amide bonds. The van der Waals surface area contributed by atoms with E-state index in [0.29, 0.717) is 54.1 Å². The van der Waals surface area contributed by atoms with E-state index in [1.807, 2.05) is 43.8 Å². The van der Waals surface area contributed by atoms with Crippen LogP contribution >= 0.6 is 0 Å². The maximum atomic E-state index is 13.1. The maximum absolute atomic E-state index is 13.1. The third kappa shape index (κ3) is 3.92. The Labute approximate surface area is 180 Å². The summed E-state index contributed by atoms with van der Waals surface area (Å²) in [6.07, 6.45) is 4.41. The van der Waals surface area contributed by atoms with Crippen LogP contribution in [0, 0.1) is 0 Å². The number of rotatable bonds is 5. The number of fused-ring (bicyclic) bond motifs is 1. The van der Waals surface area contributed by atoms with Crippen LogP contribution in [0.2, 0.25) is 0 Å². The average molecular weight is 425 g/mol. The van der Waals surface area contributed by atoms with Gasteiger partial charge in [0.2, 0.25) is 5.95 Å². The molecule has 31 heavy (non-hydrogen) atoms. The number of amides is 1. The molecular weight excluding hydrogens is 396 g/mol. The second-order valence-corrected chi connectivity index (χ2v) is 8.12. The molecular formula is C22H28N6O3. The summed E-state index contributed by atoms with van der Waals surface area (Å²) in [4.78, 5) is 41.1. The molecule has 0 aliphatic carbocycles. The Morgan fingerprint density at radius 3 is 2.65 bits per heavy atom.